The van der Waals surface area contributed by atoms with Gasteiger partial charge in [-0.05, 0) is 97.5 Å². The summed E-state index contributed by atoms with van der Waals surface area (Å²) in [5.74, 6) is 0.606. The highest BCUT2D eigenvalue weighted by atomic mass is 19.3. The number of anilines is 2. The second-order valence-corrected chi connectivity index (χ2v) is 11.4. The van der Waals surface area contributed by atoms with Gasteiger partial charge in [-0.2, -0.15) is 5.10 Å². The molecule has 0 N–H and O–H groups in total. The maximum Gasteiger partial charge on any atom is 0.264 e. The van der Waals surface area contributed by atoms with Gasteiger partial charge in [0.25, 0.3) is 6.43 Å². The van der Waals surface area contributed by atoms with Crippen LogP contribution in [0.3, 0.4) is 0 Å². The molecular weight excluding hydrogens is 490 g/mol. The quantitative estimate of drug-likeness (QED) is 0.230. The fourth-order valence-electron chi connectivity index (χ4n) is 6.11. The molecule has 2 aromatic carbocycles. The van der Waals surface area contributed by atoms with Crippen LogP contribution in [0.1, 0.15) is 85.1 Å². The predicted molar refractivity (Wildman–Crippen MR) is 160 cm³/mol. The van der Waals surface area contributed by atoms with Gasteiger partial charge in [0, 0.05) is 45.5 Å². The molecule has 1 aromatic heterocycles. The molecule has 39 heavy (non-hydrogen) atoms. The van der Waals surface area contributed by atoms with Gasteiger partial charge >= 0.3 is 0 Å². The van der Waals surface area contributed by atoms with Crippen molar-refractivity contribution in [3.63, 3.8) is 0 Å². The van der Waals surface area contributed by atoms with Gasteiger partial charge in [0.05, 0.1) is 17.6 Å². The topological polar surface area (TPSA) is 24.3 Å². The minimum Gasteiger partial charge on any atom is -0.376 e. The maximum absolute atomic E-state index is 13.8. The molecule has 3 aromatic rings. The van der Waals surface area contributed by atoms with Crippen molar-refractivity contribution in [2.75, 3.05) is 30.9 Å². The molecule has 0 saturated heterocycles. The van der Waals surface area contributed by atoms with E-state index in [0.29, 0.717) is 11.5 Å². The van der Waals surface area contributed by atoms with Crippen LogP contribution in [0.4, 0.5) is 20.2 Å². The van der Waals surface area contributed by atoms with Crippen LogP contribution >= 0.6 is 0 Å². The van der Waals surface area contributed by atoms with E-state index in [2.05, 4.69) is 54.8 Å². The Morgan fingerprint density at radius 1 is 1.05 bits per heavy atom. The van der Waals surface area contributed by atoms with E-state index in [-0.39, 0.29) is 5.56 Å². The summed E-state index contributed by atoms with van der Waals surface area (Å²) in [6.07, 6.45) is 13.2. The van der Waals surface area contributed by atoms with Gasteiger partial charge in [0.1, 0.15) is 0 Å². The number of nitrogens with zero attached hydrogens (tertiary/aromatic N) is 4. The summed E-state index contributed by atoms with van der Waals surface area (Å²) in [6.45, 7) is 5.98. The Morgan fingerprint density at radius 3 is 2.38 bits per heavy atom. The van der Waals surface area contributed by atoms with Crippen LogP contribution in [0, 0.1) is 6.92 Å². The normalized spacial score (nSPS) is 14.2. The van der Waals surface area contributed by atoms with Crippen molar-refractivity contribution in [2.24, 2.45) is 7.05 Å². The molecule has 1 fully saturated rings. The minimum atomic E-state index is -2.51. The van der Waals surface area contributed by atoms with Crippen LogP contribution < -0.4 is 9.80 Å². The number of aromatic nitrogens is 2. The fourth-order valence-corrected chi connectivity index (χ4v) is 6.11. The van der Waals surface area contributed by atoms with Crippen LogP contribution in [0.2, 0.25) is 0 Å². The Kier molecular flexibility index (Phi) is 9.47. The Balaban J connectivity index is 1.54. The fraction of sp³-hybridized carbons (Fsp3) is 0.485. The van der Waals surface area contributed by atoms with E-state index >= 15 is 0 Å². The van der Waals surface area contributed by atoms with E-state index in [1.165, 1.54) is 54.6 Å². The molecule has 0 bridgehead atoms. The van der Waals surface area contributed by atoms with Crippen LogP contribution in [0.15, 0.2) is 49.4 Å². The summed E-state index contributed by atoms with van der Waals surface area (Å²) in [7, 11) is 8.17. The number of aryl methyl sites for hydroxylation is 4. The highest BCUT2D eigenvalue weighted by Gasteiger charge is 2.23. The van der Waals surface area contributed by atoms with Crippen LogP contribution in [-0.4, -0.2) is 30.9 Å². The molecule has 0 amide bonds. The van der Waals surface area contributed by atoms with Crippen molar-refractivity contribution in [3.05, 3.63) is 77.3 Å². The van der Waals surface area contributed by atoms with Gasteiger partial charge in [-0.25, -0.2) is 8.78 Å². The lowest BCUT2D eigenvalue weighted by atomic mass is 9.81. The molecule has 0 atom stereocenters. The first-order valence-electron chi connectivity index (χ1n) is 14.3. The average Bonchev–Trinajstić information content (AvgIpc) is 3.36. The van der Waals surface area contributed by atoms with Gasteiger partial charge in [-0.15, -0.1) is 0 Å². The number of unbranched alkanes of at least 4 members (excludes halogenated alkanes) is 1. The first-order valence-corrected chi connectivity index (χ1v) is 14.3. The zero-order chi connectivity index (χ0) is 28.1. The standard InChI is InChI=1S/C33H44F2N4/c1-7-38(5)31-19-24(18-29(32(31)37(3)4)25-14-9-8-10-15-25)13-11-12-16-26-20-28(27-21-36-39(6)22-27)30(33(34)35)17-23(26)2/h7,17-22,25,33H,1,8-16H2,2-6H3. The first kappa shape index (κ1) is 28.8. The average molecular weight is 535 g/mol. The smallest absolute Gasteiger partial charge is 0.264 e. The molecule has 0 spiro atoms. The van der Waals surface area contributed by atoms with Crippen molar-refractivity contribution >= 4 is 11.4 Å². The summed E-state index contributed by atoms with van der Waals surface area (Å²) >= 11 is 0. The monoisotopic (exact) mass is 534 g/mol. The number of rotatable bonds is 11. The van der Waals surface area contributed by atoms with Crippen molar-refractivity contribution < 1.29 is 8.78 Å². The molecule has 1 aliphatic carbocycles. The van der Waals surface area contributed by atoms with E-state index in [0.717, 1.165) is 42.4 Å². The highest BCUT2D eigenvalue weighted by Crippen LogP contribution is 2.43. The first-order chi connectivity index (χ1) is 18.7. The number of alkyl halides is 2. The number of halogens is 2. The Morgan fingerprint density at radius 2 is 1.77 bits per heavy atom. The minimum absolute atomic E-state index is 0.0827. The molecule has 6 heteroatoms. The molecule has 1 saturated carbocycles. The summed E-state index contributed by atoms with van der Waals surface area (Å²) in [4.78, 5) is 4.40. The summed E-state index contributed by atoms with van der Waals surface area (Å²) in [5.41, 5.74) is 8.85. The largest absolute Gasteiger partial charge is 0.376 e. The highest BCUT2D eigenvalue weighted by molar-refractivity contribution is 5.77. The molecule has 0 unspecified atom stereocenters. The summed E-state index contributed by atoms with van der Waals surface area (Å²) in [5, 5.41) is 4.20. The molecule has 1 heterocycles. The molecule has 0 aliphatic heterocycles. The van der Waals surface area contributed by atoms with E-state index < -0.39 is 6.43 Å². The molecular formula is C33H44F2N4. The molecule has 0 radical (unpaired) electrons. The predicted octanol–water partition coefficient (Wildman–Crippen LogP) is 8.59. The maximum atomic E-state index is 13.8. The van der Waals surface area contributed by atoms with Gasteiger partial charge in [0.15, 0.2) is 0 Å². The van der Waals surface area contributed by atoms with Crippen molar-refractivity contribution in [2.45, 2.75) is 77.1 Å². The lowest BCUT2D eigenvalue weighted by molar-refractivity contribution is 0.152. The molecule has 1 aliphatic rings. The molecule has 4 nitrogen and oxygen atoms in total. The second-order valence-electron chi connectivity index (χ2n) is 11.4. The van der Waals surface area contributed by atoms with Gasteiger partial charge in [-0.1, -0.05) is 38.0 Å². The third-order valence-corrected chi connectivity index (χ3v) is 8.25. The Bertz CT molecular complexity index is 1270. The second kappa shape index (κ2) is 12.8. The van der Waals surface area contributed by atoms with E-state index in [9.17, 15) is 8.78 Å². The van der Waals surface area contributed by atoms with Gasteiger partial charge < -0.3 is 9.80 Å². The number of hydrogen-bond donors (Lipinski definition) is 0. The molecule has 4 rings (SSSR count). The van der Waals surface area contributed by atoms with Crippen LogP contribution in [0.25, 0.3) is 11.1 Å². The van der Waals surface area contributed by atoms with E-state index in [1.54, 1.807) is 23.1 Å². The summed E-state index contributed by atoms with van der Waals surface area (Å²) in [6, 6.07) is 8.40. The Labute approximate surface area is 233 Å². The third kappa shape index (κ3) is 6.71. The molecule has 210 valence electrons. The SMILES string of the molecule is C=CN(C)c1cc(CCCCc2cc(-c3cnn(C)c3)c(C(F)F)cc2C)cc(C2CCCCC2)c1N(C)C. The van der Waals surface area contributed by atoms with Gasteiger partial charge in [0.2, 0.25) is 0 Å². The van der Waals surface area contributed by atoms with E-state index in [1.807, 2.05) is 26.2 Å². The van der Waals surface area contributed by atoms with Crippen molar-refractivity contribution in [1.82, 2.24) is 9.78 Å². The van der Waals surface area contributed by atoms with Gasteiger partial charge in [-0.3, -0.25) is 4.68 Å². The van der Waals surface area contributed by atoms with Crippen LogP contribution in [-0.2, 0) is 19.9 Å². The van der Waals surface area contributed by atoms with Crippen molar-refractivity contribution in [1.29, 1.82) is 0 Å². The zero-order valence-corrected chi connectivity index (χ0v) is 24.3. The third-order valence-electron chi connectivity index (χ3n) is 8.25. The van der Waals surface area contributed by atoms with E-state index in [4.69, 9.17) is 0 Å². The number of benzene rings is 2. The lowest BCUT2D eigenvalue weighted by Gasteiger charge is -2.32. The number of hydrogen-bond acceptors (Lipinski definition) is 3. The van der Waals surface area contributed by atoms with Crippen LogP contribution in [0.5, 0.6) is 0 Å². The lowest BCUT2D eigenvalue weighted by Crippen LogP contribution is -2.20. The Hall–Kier alpha value is -3.15. The van der Waals surface area contributed by atoms with Crippen molar-refractivity contribution in [3.8, 4) is 11.1 Å². The summed E-state index contributed by atoms with van der Waals surface area (Å²) < 4.78 is 29.4. The zero-order valence-electron chi connectivity index (χ0n) is 24.3.